The molecular weight excluding hydrogens is 288 g/mol. The van der Waals surface area contributed by atoms with E-state index in [0.717, 1.165) is 0 Å². The summed E-state index contributed by atoms with van der Waals surface area (Å²) in [4.78, 5) is 0.286. The second-order valence-electron chi connectivity index (χ2n) is 5.07. The molecule has 0 aliphatic rings. The third kappa shape index (κ3) is 3.73. The smallest absolute Gasteiger partial charge is 0.243 e. The molecule has 21 heavy (non-hydrogen) atoms. The Morgan fingerprint density at radius 3 is 2.29 bits per heavy atom. The Labute approximate surface area is 126 Å². The van der Waals surface area contributed by atoms with E-state index in [1.54, 1.807) is 39.8 Å². The van der Waals surface area contributed by atoms with Crippen molar-refractivity contribution < 1.29 is 8.42 Å². The minimum atomic E-state index is -3.63. The molecule has 0 aromatic heterocycles. The molecule has 116 valence electrons. The van der Waals surface area contributed by atoms with E-state index in [9.17, 15) is 8.42 Å². The predicted molar refractivity (Wildman–Crippen MR) is 82.9 cm³/mol. The number of nitriles is 1. The summed E-state index contributed by atoms with van der Waals surface area (Å²) in [5, 5.41) is 8.90. The Bertz CT molecular complexity index is 626. The molecule has 1 unspecified atom stereocenters. The van der Waals surface area contributed by atoms with Gasteiger partial charge in [0.25, 0.3) is 0 Å². The van der Waals surface area contributed by atoms with Gasteiger partial charge in [0.2, 0.25) is 10.0 Å². The number of hydrogen-bond donors (Lipinski definition) is 2. The van der Waals surface area contributed by atoms with Crippen LogP contribution in [0.2, 0.25) is 0 Å². The lowest BCUT2D eigenvalue weighted by Crippen LogP contribution is -2.35. The molecule has 0 heterocycles. The van der Waals surface area contributed by atoms with Crippen molar-refractivity contribution in [3.05, 3.63) is 23.3 Å². The third-order valence-corrected chi connectivity index (χ3v) is 5.52. The summed E-state index contributed by atoms with van der Waals surface area (Å²) in [7, 11) is -3.63. The first kappa shape index (κ1) is 17.4. The number of anilines is 1. The van der Waals surface area contributed by atoms with Gasteiger partial charge in [-0.25, -0.2) is 8.42 Å². The molecule has 0 bridgehead atoms. The Morgan fingerprint density at radius 1 is 1.38 bits per heavy atom. The minimum Gasteiger partial charge on any atom is -0.324 e. The van der Waals surface area contributed by atoms with Crippen molar-refractivity contribution in [3.63, 3.8) is 0 Å². The Balaban J connectivity index is 3.33. The van der Waals surface area contributed by atoms with E-state index < -0.39 is 10.0 Å². The molecule has 1 aromatic rings. The average Bonchev–Trinajstić information content (AvgIpc) is 2.42. The lowest BCUT2D eigenvalue weighted by Gasteiger charge is -2.24. The number of nitrogens with two attached hydrogens (primary N) is 1. The molecule has 7 heteroatoms. The van der Waals surface area contributed by atoms with Crippen molar-refractivity contribution >= 4 is 15.7 Å². The molecule has 0 spiro atoms. The van der Waals surface area contributed by atoms with Gasteiger partial charge in [-0.1, -0.05) is 6.92 Å². The maximum atomic E-state index is 12.8. The van der Waals surface area contributed by atoms with Crippen molar-refractivity contribution in [1.82, 2.24) is 4.31 Å². The fourth-order valence-corrected chi connectivity index (χ4v) is 4.26. The van der Waals surface area contributed by atoms with Crippen molar-refractivity contribution in [1.29, 1.82) is 5.26 Å². The van der Waals surface area contributed by atoms with Crippen molar-refractivity contribution in [2.45, 2.75) is 32.6 Å². The third-order valence-electron chi connectivity index (χ3n) is 3.28. The first-order valence-electron chi connectivity index (χ1n) is 6.75. The van der Waals surface area contributed by atoms with Crippen LogP contribution in [-0.2, 0) is 10.0 Å². The lowest BCUT2D eigenvalue weighted by molar-refractivity contribution is 0.399. The van der Waals surface area contributed by atoms with Gasteiger partial charge >= 0.3 is 0 Å². The second kappa shape index (κ2) is 6.89. The number of aryl methyl sites for hydroxylation is 2. The number of benzene rings is 1. The normalized spacial score (nSPS) is 13.0. The fourth-order valence-electron chi connectivity index (χ4n) is 2.31. The molecule has 0 saturated heterocycles. The summed E-state index contributed by atoms with van der Waals surface area (Å²) < 4.78 is 27.0. The number of sulfonamides is 1. The van der Waals surface area contributed by atoms with Crippen molar-refractivity contribution in [2.75, 3.05) is 18.5 Å². The van der Waals surface area contributed by atoms with Crippen molar-refractivity contribution in [2.24, 2.45) is 11.8 Å². The number of rotatable bonds is 6. The monoisotopic (exact) mass is 310 g/mol. The Kier molecular flexibility index (Phi) is 5.72. The molecule has 1 rings (SSSR count). The molecule has 6 nitrogen and oxygen atoms in total. The summed E-state index contributed by atoms with van der Waals surface area (Å²) in [6.07, 6.45) is 0. The van der Waals surface area contributed by atoms with E-state index in [1.807, 2.05) is 0 Å². The summed E-state index contributed by atoms with van der Waals surface area (Å²) in [6.45, 7) is 7.46. The zero-order valence-corrected chi connectivity index (χ0v) is 13.7. The van der Waals surface area contributed by atoms with Gasteiger partial charge in [-0.3, -0.25) is 5.84 Å². The summed E-state index contributed by atoms with van der Waals surface area (Å²) in [5.74, 6) is 5.01. The van der Waals surface area contributed by atoms with Crippen LogP contribution in [-0.4, -0.2) is 25.8 Å². The lowest BCUT2D eigenvalue weighted by atomic mass is 10.1. The van der Waals surface area contributed by atoms with Crippen LogP contribution in [0, 0.1) is 31.1 Å². The zero-order chi connectivity index (χ0) is 16.2. The van der Waals surface area contributed by atoms with E-state index >= 15 is 0 Å². The van der Waals surface area contributed by atoms with Gasteiger partial charge in [0.15, 0.2) is 0 Å². The molecule has 0 saturated carbocycles. The maximum Gasteiger partial charge on any atom is 0.243 e. The van der Waals surface area contributed by atoms with E-state index in [2.05, 4.69) is 11.5 Å². The number of nitrogen functional groups attached to an aromatic ring is 1. The number of nitrogens with zero attached hydrogens (tertiary/aromatic N) is 2. The highest BCUT2D eigenvalue weighted by molar-refractivity contribution is 7.89. The average molecular weight is 310 g/mol. The number of nitrogens with one attached hydrogen (secondary N) is 1. The molecule has 0 fully saturated rings. The van der Waals surface area contributed by atoms with Crippen LogP contribution in [0.5, 0.6) is 0 Å². The maximum absolute atomic E-state index is 12.8. The van der Waals surface area contributed by atoms with Crippen LogP contribution < -0.4 is 11.3 Å². The molecule has 1 aromatic carbocycles. The summed E-state index contributed by atoms with van der Waals surface area (Å²) >= 11 is 0. The fraction of sp³-hybridized carbons (Fsp3) is 0.500. The highest BCUT2D eigenvalue weighted by Gasteiger charge is 2.28. The van der Waals surface area contributed by atoms with Gasteiger partial charge in [-0.05, 0) is 44.0 Å². The first-order valence-corrected chi connectivity index (χ1v) is 8.19. The van der Waals surface area contributed by atoms with Crippen LogP contribution >= 0.6 is 0 Å². The highest BCUT2D eigenvalue weighted by Crippen LogP contribution is 2.27. The van der Waals surface area contributed by atoms with Crippen LogP contribution in [0.1, 0.15) is 25.0 Å². The number of hydrazine groups is 1. The molecule has 1 atom stereocenters. The minimum absolute atomic E-state index is 0.186. The first-order chi connectivity index (χ1) is 9.77. The quantitative estimate of drug-likeness (QED) is 0.616. The molecule has 3 N–H and O–H groups in total. The number of hydrogen-bond acceptors (Lipinski definition) is 5. The van der Waals surface area contributed by atoms with Crippen LogP contribution in [0.25, 0.3) is 0 Å². The molecule has 0 aliphatic heterocycles. The SMILES string of the molecule is CCN(CC(C)C#N)S(=O)(=O)c1c(C)cc(NN)cc1C. The largest absolute Gasteiger partial charge is 0.324 e. The van der Waals surface area contributed by atoms with Gasteiger partial charge in [0.1, 0.15) is 0 Å². The molecule has 0 radical (unpaired) electrons. The summed E-state index contributed by atoms with van der Waals surface area (Å²) in [5.41, 5.74) is 4.45. The highest BCUT2D eigenvalue weighted by atomic mass is 32.2. The standard InChI is InChI=1S/C14H22N4O2S/c1-5-18(9-10(2)8-15)21(19,20)14-11(3)6-13(17-16)7-12(14)4/h6-7,10,17H,5,9,16H2,1-4H3. The van der Waals surface area contributed by atoms with Crippen molar-refractivity contribution in [3.8, 4) is 6.07 Å². The Morgan fingerprint density at radius 2 is 1.90 bits per heavy atom. The van der Waals surface area contributed by atoms with E-state index in [4.69, 9.17) is 11.1 Å². The zero-order valence-electron chi connectivity index (χ0n) is 12.8. The van der Waals surface area contributed by atoms with E-state index in [-0.39, 0.29) is 17.4 Å². The Hall–Kier alpha value is -1.62. The molecule has 0 aliphatic carbocycles. The van der Waals surface area contributed by atoms with Gasteiger partial charge in [0.05, 0.1) is 16.9 Å². The van der Waals surface area contributed by atoms with Crippen LogP contribution in [0.3, 0.4) is 0 Å². The second-order valence-corrected chi connectivity index (χ2v) is 6.94. The van der Waals surface area contributed by atoms with Gasteiger partial charge in [-0.15, -0.1) is 0 Å². The van der Waals surface area contributed by atoms with E-state index in [0.29, 0.717) is 23.4 Å². The van der Waals surface area contributed by atoms with Crippen LogP contribution in [0.15, 0.2) is 17.0 Å². The predicted octanol–water partition coefficient (Wildman–Crippen LogP) is 1.76. The topological polar surface area (TPSA) is 99.2 Å². The molecule has 0 amide bonds. The van der Waals surface area contributed by atoms with Gasteiger partial charge in [-0.2, -0.15) is 9.57 Å². The van der Waals surface area contributed by atoms with Gasteiger partial charge < -0.3 is 5.43 Å². The summed E-state index contributed by atoms with van der Waals surface area (Å²) in [6, 6.07) is 5.46. The van der Waals surface area contributed by atoms with E-state index in [1.165, 1.54) is 4.31 Å². The van der Waals surface area contributed by atoms with Crippen LogP contribution in [0.4, 0.5) is 5.69 Å². The van der Waals surface area contributed by atoms with Gasteiger partial charge in [0, 0.05) is 18.8 Å². The molecular formula is C14H22N4O2S.